The van der Waals surface area contributed by atoms with Crippen molar-refractivity contribution >= 4 is 65.0 Å². The molecule has 0 atom stereocenters. The standard InChI is InChI=1S/C26H16Cl2O8S2/c27-21-13-17(7-9-23(21)29)37(31,32)35-25-5-1-3-15-11-20-16(12-19(15)25)4-2-6-26(20)36-38(33,34)18-8-10-24(30)22(28)14-18/h1-14,29-30H. The molecule has 0 saturated carbocycles. The highest BCUT2D eigenvalue weighted by molar-refractivity contribution is 7.87. The fourth-order valence-electron chi connectivity index (χ4n) is 3.76. The molecule has 0 fully saturated rings. The van der Waals surface area contributed by atoms with Crippen molar-refractivity contribution in [1.29, 1.82) is 0 Å². The summed E-state index contributed by atoms with van der Waals surface area (Å²) in [6, 6.07) is 19.6. The van der Waals surface area contributed by atoms with E-state index in [0.29, 0.717) is 21.5 Å². The van der Waals surface area contributed by atoms with Gasteiger partial charge in [-0.3, -0.25) is 0 Å². The minimum absolute atomic E-state index is 0.0336. The first-order valence-corrected chi connectivity index (χ1v) is 14.3. The van der Waals surface area contributed by atoms with Crippen molar-refractivity contribution < 1.29 is 35.4 Å². The first kappa shape index (κ1) is 25.9. The molecule has 0 spiro atoms. The van der Waals surface area contributed by atoms with Crippen LogP contribution in [0.15, 0.2) is 94.7 Å². The van der Waals surface area contributed by atoms with Gasteiger partial charge in [0, 0.05) is 10.8 Å². The molecule has 38 heavy (non-hydrogen) atoms. The van der Waals surface area contributed by atoms with Crippen LogP contribution < -0.4 is 8.37 Å². The SMILES string of the molecule is O=S(=O)(Oc1cccc2cc3c(OS(=O)(=O)c4ccc(O)c(Cl)c4)cccc3cc12)c1ccc(O)c(Cl)c1. The van der Waals surface area contributed by atoms with Crippen LogP contribution in [0, 0.1) is 0 Å². The molecule has 0 amide bonds. The molecule has 5 rings (SSSR count). The van der Waals surface area contributed by atoms with E-state index >= 15 is 0 Å². The molecule has 0 aliphatic heterocycles. The zero-order chi connectivity index (χ0) is 27.2. The number of hydrogen-bond donors (Lipinski definition) is 2. The molecule has 194 valence electrons. The Hall–Kier alpha value is -3.70. The van der Waals surface area contributed by atoms with Gasteiger partial charge in [0.2, 0.25) is 0 Å². The Morgan fingerprint density at radius 1 is 0.553 bits per heavy atom. The van der Waals surface area contributed by atoms with Crippen molar-refractivity contribution in [1.82, 2.24) is 0 Å². The predicted octanol–water partition coefficient (Wildman–Crippen LogP) is 6.25. The molecular weight excluding hydrogens is 575 g/mol. The van der Waals surface area contributed by atoms with Gasteiger partial charge in [-0.25, -0.2) is 0 Å². The molecule has 5 aromatic rings. The fraction of sp³-hybridized carbons (Fsp3) is 0. The second-order valence-corrected chi connectivity index (χ2v) is 12.0. The van der Waals surface area contributed by atoms with Gasteiger partial charge in [0.05, 0.1) is 10.0 Å². The Morgan fingerprint density at radius 2 is 0.947 bits per heavy atom. The van der Waals surface area contributed by atoms with E-state index in [1.165, 1.54) is 24.3 Å². The molecule has 12 heteroatoms. The summed E-state index contributed by atoms with van der Waals surface area (Å²) >= 11 is 11.7. The molecule has 0 saturated heterocycles. The largest absolute Gasteiger partial charge is 0.506 e. The van der Waals surface area contributed by atoms with Gasteiger partial charge in [-0.2, -0.15) is 16.8 Å². The van der Waals surface area contributed by atoms with Crippen LogP contribution >= 0.6 is 23.2 Å². The van der Waals surface area contributed by atoms with E-state index in [-0.39, 0.29) is 42.8 Å². The third-order valence-corrected chi connectivity index (χ3v) is 8.68. The smallest absolute Gasteiger partial charge is 0.339 e. The number of aromatic hydroxyl groups is 2. The molecule has 0 bridgehead atoms. The van der Waals surface area contributed by atoms with E-state index in [9.17, 15) is 27.0 Å². The van der Waals surface area contributed by atoms with E-state index in [1.54, 1.807) is 36.4 Å². The second kappa shape index (κ2) is 9.55. The maximum Gasteiger partial charge on any atom is 0.339 e. The maximum atomic E-state index is 12.9. The van der Waals surface area contributed by atoms with Crippen molar-refractivity contribution in [3.63, 3.8) is 0 Å². The van der Waals surface area contributed by atoms with Gasteiger partial charge in [-0.15, -0.1) is 0 Å². The van der Waals surface area contributed by atoms with Gasteiger partial charge in [0.1, 0.15) is 21.3 Å². The molecule has 0 heterocycles. The van der Waals surface area contributed by atoms with Crippen LogP contribution in [0.1, 0.15) is 0 Å². The third-order valence-electron chi connectivity index (χ3n) is 5.61. The van der Waals surface area contributed by atoms with Gasteiger partial charge < -0.3 is 18.6 Å². The molecule has 2 N–H and O–H groups in total. The van der Waals surface area contributed by atoms with Crippen molar-refractivity contribution in [2.45, 2.75) is 9.79 Å². The van der Waals surface area contributed by atoms with Gasteiger partial charge in [0.15, 0.2) is 11.5 Å². The zero-order valence-corrected chi connectivity index (χ0v) is 22.1. The van der Waals surface area contributed by atoms with Crippen LogP contribution in [0.25, 0.3) is 21.5 Å². The summed E-state index contributed by atoms with van der Waals surface area (Å²) in [4.78, 5) is -0.485. The molecule has 0 unspecified atom stereocenters. The molecular formula is C26H16Cl2O8S2. The lowest BCUT2D eigenvalue weighted by atomic mass is 10.0. The number of phenolic OH excluding ortho intramolecular Hbond substituents is 2. The zero-order valence-electron chi connectivity index (χ0n) is 19.0. The van der Waals surface area contributed by atoms with E-state index in [4.69, 9.17) is 31.6 Å². The number of hydrogen-bond acceptors (Lipinski definition) is 8. The molecule has 0 aliphatic rings. The minimum atomic E-state index is -4.29. The summed E-state index contributed by atoms with van der Waals surface area (Å²) in [5.74, 6) is -0.468. The van der Waals surface area contributed by atoms with E-state index in [0.717, 1.165) is 24.3 Å². The maximum absolute atomic E-state index is 12.9. The van der Waals surface area contributed by atoms with Crippen molar-refractivity contribution in [3.05, 3.63) is 95.0 Å². The lowest BCUT2D eigenvalue weighted by molar-refractivity contribution is 0.472. The Kier molecular flexibility index (Phi) is 6.52. The lowest BCUT2D eigenvalue weighted by Crippen LogP contribution is -2.10. The Balaban J connectivity index is 1.56. The summed E-state index contributed by atoms with van der Waals surface area (Å²) in [6.45, 7) is 0. The number of rotatable bonds is 6. The van der Waals surface area contributed by atoms with Crippen LogP contribution in [-0.4, -0.2) is 27.0 Å². The molecule has 8 nitrogen and oxygen atoms in total. The van der Waals surface area contributed by atoms with Crippen LogP contribution in [0.2, 0.25) is 10.0 Å². The highest BCUT2D eigenvalue weighted by atomic mass is 35.5. The minimum Gasteiger partial charge on any atom is -0.506 e. The highest BCUT2D eigenvalue weighted by Crippen LogP contribution is 2.37. The van der Waals surface area contributed by atoms with Crippen LogP contribution in [0.3, 0.4) is 0 Å². The average Bonchev–Trinajstić information content (AvgIpc) is 2.86. The van der Waals surface area contributed by atoms with Crippen LogP contribution in [0.5, 0.6) is 23.0 Å². The van der Waals surface area contributed by atoms with E-state index < -0.39 is 20.2 Å². The molecule has 0 radical (unpaired) electrons. The Bertz CT molecular complexity index is 1810. The third kappa shape index (κ3) is 4.91. The van der Waals surface area contributed by atoms with E-state index in [1.807, 2.05) is 0 Å². The Morgan fingerprint density at radius 3 is 1.32 bits per heavy atom. The molecule has 0 aliphatic carbocycles. The lowest BCUT2D eigenvalue weighted by Gasteiger charge is -2.13. The summed E-state index contributed by atoms with van der Waals surface area (Å²) in [7, 11) is -8.59. The summed E-state index contributed by atoms with van der Waals surface area (Å²) in [5, 5.41) is 20.9. The monoisotopic (exact) mass is 590 g/mol. The van der Waals surface area contributed by atoms with Gasteiger partial charge in [-0.05, 0) is 71.4 Å². The number of fused-ring (bicyclic) bond motifs is 2. The Labute approximate surface area is 227 Å². The van der Waals surface area contributed by atoms with Crippen molar-refractivity contribution in [2.75, 3.05) is 0 Å². The number of benzene rings is 5. The predicted molar refractivity (Wildman–Crippen MR) is 143 cm³/mol. The van der Waals surface area contributed by atoms with Gasteiger partial charge in [-0.1, -0.05) is 47.5 Å². The van der Waals surface area contributed by atoms with Crippen molar-refractivity contribution in [2.24, 2.45) is 0 Å². The highest BCUT2D eigenvalue weighted by Gasteiger charge is 2.22. The van der Waals surface area contributed by atoms with Gasteiger partial charge in [0.25, 0.3) is 0 Å². The second-order valence-electron chi connectivity index (χ2n) is 8.11. The summed E-state index contributed by atoms with van der Waals surface area (Å²) in [5.41, 5.74) is 0. The number of halogens is 2. The first-order valence-electron chi connectivity index (χ1n) is 10.8. The van der Waals surface area contributed by atoms with Crippen LogP contribution in [0.4, 0.5) is 0 Å². The first-order chi connectivity index (χ1) is 17.9. The van der Waals surface area contributed by atoms with Crippen LogP contribution in [-0.2, 0) is 20.2 Å². The topological polar surface area (TPSA) is 127 Å². The number of phenols is 2. The van der Waals surface area contributed by atoms with E-state index in [2.05, 4.69) is 0 Å². The molecule has 0 aromatic heterocycles. The normalized spacial score (nSPS) is 12.1. The summed E-state index contributed by atoms with van der Waals surface area (Å²) < 4.78 is 62.4. The molecule has 5 aromatic carbocycles. The van der Waals surface area contributed by atoms with Gasteiger partial charge >= 0.3 is 20.2 Å². The average molecular weight is 591 g/mol. The summed E-state index contributed by atoms with van der Waals surface area (Å²) in [6.07, 6.45) is 0. The fourth-order valence-corrected chi connectivity index (χ4v) is 6.20. The van der Waals surface area contributed by atoms with Crippen molar-refractivity contribution in [3.8, 4) is 23.0 Å². The quantitative estimate of drug-likeness (QED) is 0.175.